The van der Waals surface area contributed by atoms with Crippen LogP contribution in [-0.2, 0) is 24.7 Å². The zero-order valence-electron chi connectivity index (χ0n) is 16.2. The number of ether oxygens (including phenoxy) is 1. The molecule has 148 valence electrons. The van der Waals surface area contributed by atoms with E-state index in [0.29, 0.717) is 19.6 Å². The summed E-state index contributed by atoms with van der Waals surface area (Å²) in [6.07, 6.45) is 2.40. The lowest BCUT2D eigenvalue weighted by molar-refractivity contribution is -0.145. The molecule has 0 radical (unpaired) electrons. The molecule has 4 atom stereocenters. The Bertz CT molecular complexity index is 884. The number of benzene rings is 1. The van der Waals surface area contributed by atoms with E-state index in [1.165, 1.54) is 4.90 Å². The maximum Gasteiger partial charge on any atom is 0.250 e. The van der Waals surface area contributed by atoms with E-state index in [2.05, 4.69) is 10.2 Å². The molecule has 0 aromatic heterocycles. The van der Waals surface area contributed by atoms with Crippen LogP contribution in [0.1, 0.15) is 30.4 Å². The fourth-order valence-electron chi connectivity index (χ4n) is 6.02. The topological polar surface area (TPSA) is 79.0 Å². The molecule has 4 unspecified atom stereocenters. The molecule has 3 fully saturated rings. The third kappa shape index (κ3) is 1.98. The van der Waals surface area contributed by atoms with Crippen molar-refractivity contribution in [2.24, 2.45) is 11.8 Å². The third-order valence-corrected chi connectivity index (χ3v) is 7.06. The van der Waals surface area contributed by atoms with Gasteiger partial charge in [-0.25, -0.2) is 0 Å². The van der Waals surface area contributed by atoms with Crippen LogP contribution >= 0.6 is 0 Å². The molecule has 7 heteroatoms. The van der Waals surface area contributed by atoms with Gasteiger partial charge in [0.25, 0.3) is 0 Å². The number of para-hydroxylation sites is 1. The monoisotopic (exact) mass is 383 g/mol. The van der Waals surface area contributed by atoms with Crippen LogP contribution < -0.4 is 5.32 Å². The molecule has 3 amide bonds. The molecule has 0 saturated carbocycles. The largest absolute Gasteiger partial charge is 0.385 e. The Morgan fingerprint density at radius 2 is 2.07 bits per heavy atom. The first kappa shape index (κ1) is 17.8. The van der Waals surface area contributed by atoms with Crippen LogP contribution in [0.3, 0.4) is 0 Å². The Labute approximate surface area is 164 Å². The molecule has 7 nitrogen and oxygen atoms in total. The van der Waals surface area contributed by atoms with Crippen molar-refractivity contribution in [2.45, 2.75) is 37.8 Å². The molecular weight excluding hydrogens is 358 g/mol. The SMILES string of the molecule is COCCCN1C(=O)C2C3CCCN3C3(C(=O)Nc4c(C)cccc43)C2C1=O. The second kappa shape index (κ2) is 6.12. The molecule has 4 aliphatic heterocycles. The average molecular weight is 383 g/mol. The zero-order chi connectivity index (χ0) is 19.6. The highest BCUT2D eigenvalue weighted by atomic mass is 16.5. The van der Waals surface area contributed by atoms with Crippen LogP contribution in [0, 0.1) is 18.8 Å². The smallest absolute Gasteiger partial charge is 0.250 e. The Morgan fingerprint density at radius 3 is 2.86 bits per heavy atom. The van der Waals surface area contributed by atoms with Crippen molar-refractivity contribution in [1.82, 2.24) is 9.80 Å². The average Bonchev–Trinajstić information content (AvgIpc) is 3.37. The maximum atomic E-state index is 13.5. The highest BCUT2D eigenvalue weighted by Gasteiger charge is 2.74. The van der Waals surface area contributed by atoms with E-state index in [9.17, 15) is 14.4 Å². The van der Waals surface area contributed by atoms with Gasteiger partial charge in [0, 0.05) is 37.6 Å². The number of amides is 3. The number of nitrogens with zero attached hydrogens (tertiary/aromatic N) is 2. The van der Waals surface area contributed by atoms with Crippen LogP contribution in [-0.4, -0.2) is 60.4 Å². The number of hydrogen-bond donors (Lipinski definition) is 1. The van der Waals surface area contributed by atoms with Crippen molar-refractivity contribution in [3.63, 3.8) is 0 Å². The third-order valence-electron chi connectivity index (χ3n) is 7.06. The Kier molecular flexibility index (Phi) is 3.90. The summed E-state index contributed by atoms with van der Waals surface area (Å²) in [5.41, 5.74) is 1.58. The molecule has 1 spiro atoms. The predicted molar refractivity (Wildman–Crippen MR) is 101 cm³/mol. The van der Waals surface area contributed by atoms with Crippen LogP contribution in [0.4, 0.5) is 5.69 Å². The Balaban J connectivity index is 1.64. The summed E-state index contributed by atoms with van der Waals surface area (Å²) in [6.45, 7) is 3.55. The van der Waals surface area contributed by atoms with Gasteiger partial charge in [-0.15, -0.1) is 0 Å². The Morgan fingerprint density at radius 1 is 1.25 bits per heavy atom. The van der Waals surface area contributed by atoms with E-state index >= 15 is 0 Å². The molecular formula is C21H25N3O4. The van der Waals surface area contributed by atoms with E-state index in [1.54, 1.807) is 7.11 Å². The molecule has 5 rings (SSSR count). The summed E-state index contributed by atoms with van der Waals surface area (Å²) < 4.78 is 5.08. The van der Waals surface area contributed by atoms with Gasteiger partial charge in [-0.05, 0) is 38.3 Å². The minimum Gasteiger partial charge on any atom is -0.385 e. The summed E-state index contributed by atoms with van der Waals surface area (Å²) >= 11 is 0. The van der Waals surface area contributed by atoms with Gasteiger partial charge in [0.05, 0.1) is 11.8 Å². The highest BCUT2D eigenvalue weighted by molar-refractivity contribution is 6.15. The fraction of sp³-hybridized carbons (Fsp3) is 0.571. The second-order valence-corrected chi connectivity index (χ2v) is 8.30. The number of carbonyl (C=O) groups excluding carboxylic acids is 3. The Hall–Kier alpha value is -2.25. The number of fused-ring (bicyclic) bond motifs is 7. The summed E-state index contributed by atoms with van der Waals surface area (Å²) in [5.74, 6) is -1.56. The van der Waals surface area contributed by atoms with Crippen molar-refractivity contribution in [3.8, 4) is 0 Å². The van der Waals surface area contributed by atoms with Crippen LogP contribution in [0.2, 0.25) is 0 Å². The first-order chi connectivity index (χ1) is 13.5. The number of carbonyl (C=O) groups is 3. The number of anilines is 1. The summed E-state index contributed by atoms with van der Waals surface area (Å²) in [7, 11) is 1.61. The van der Waals surface area contributed by atoms with Crippen LogP contribution in [0.25, 0.3) is 0 Å². The number of imide groups is 1. The van der Waals surface area contributed by atoms with Gasteiger partial charge < -0.3 is 10.1 Å². The van der Waals surface area contributed by atoms with Gasteiger partial charge in [0.15, 0.2) is 0 Å². The molecule has 4 aliphatic rings. The molecule has 0 aliphatic carbocycles. The van der Waals surface area contributed by atoms with Crippen LogP contribution in [0.15, 0.2) is 18.2 Å². The first-order valence-corrected chi connectivity index (χ1v) is 10.1. The van der Waals surface area contributed by atoms with Crippen molar-refractivity contribution < 1.29 is 19.1 Å². The molecule has 0 bridgehead atoms. The quantitative estimate of drug-likeness (QED) is 0.626. The normalized spacial score (nSPS) is 33.6. The number of nitrogens with one attached hydrogen (secondary N) is 1. The summed E-state index contributed by atoms with van der Waals surface area (Å²) in [4.78, 5) is 43.7. The molecule has 3 saturated heterocycles. The van der Waals surface area contributed by atoms with Gasteiger partial charge in [0.2, 0.25) is 17.7 Å². The second-order valence-electron chi connectivity index (χ2n) is 8.30. The maximum absolute atomic E-state index is 13.5. The van der Waals surface area contributed by atoms with E-state index in [1.807, 2.05) is 25.1 Å². The molecule has 1 aromatic carbocycles. The van der Waals surface area contributed by atoms with Crippen molar-refractivity contribution in [1.29, 1.82) is 0 Å². The van der Waals surface area contributed by atoms with Gasteiger partial charge in [-0.3, -0.25) is 24.2 Å². The lowest BCUT2D eigenvalue weighted by Gasteiger charge is -2.36. The lowest BCUT2D eigenvalue weighted by atomic mass is 9.75. The van der Waals surface area contributed by atoms with Gasteiger partial charge in [0.1, 0.15) is 5.54 Å². The fourth-order valence-corrected chi connectivity index (χ4v) is 6.02. The number of methoxy groups -OCH3 is 1. The molecule has 28 heavy (non-hydrogen) atoms. The van der Waals surface area contributed by atoms with E-state index in [4.69, 9.17) is 4.74 Å². The van der Waals surface area contributed by atoms with E-state index < -0.39 is 17.4 Å². The summed E-state index contributed by atoms with van der Waals surface area (Å²) in [5, 5.41) is 3.04. The van der Waals surface area contributed by atoms with Gasteiger partial charge in [-0.2, -0.15) is 0 Å². The molecule has 4 heterocycles. The standard InChI is InChI=1S/C21H25N3O4/c1-12-6-3-7-13-17(12)22-20(27)21(13)16-15(14-8-4-10-24(14)21)18(25)23(19(16)26)9-5-11-28-2/h3,6-7,14-16H,4-5,8-11H2,1-2H3,(H,22,27). The van der Waals surface area contributed by atoms with Gasteiger partial charge >= 0.3 is 0 Å². The number of hydrogen-bond acceptors (Lipinski definition) is 5. The van der Waals surface area contributed by atoms with Crippen molar-refractivity contribution in [2.75, 3.05) is 32.1 Å². The van der Waals surface area contributed by atoms with Crippen LogP contribution in [0.5, 0.6) is 0 Å². The number of likely N-dealkylation sites (tertiary alicyclic amines) is 1. The number of rotatable bonds is 4. The van der Waals surface area contributed by atoms with Crippen molar-refractivity contribution >= 4 is 23.4 Å². The van der Waals surface area contributed by atoms with Crippen molar-refractivity contribution in [3.05, 3.63) is 29.3 Å². The minimum atomic E-state index is -1.06. The van der Waals surface area contributed by atoms with E-state index in [0.717, 1.165) is 36.2 Å². The highest BCUT2D eigenvalue weighted by Crippen LogP contribution is 2.60. The van der Waals surface area contributed by atoms with Gasteiger partial charge in [-0.1, -0.05) is 18.2 Å². The first-order valence-electron chi connectivity index (χ1n) is 10.1. The lowest BCUT2D eigenvalue weighted by Crippen LogP contribution is -2.54. The summed E-state index contributed by atoms with van der Waals surface area (Å²) in [6, 6.07) is 5.80. The molecule has 1 N–H and O–H groups in total. The molecule has 1 aromatic rings. The van der Waals surface area contributed by atoms with E-state index in [-0.39, 0.29) is 23.8 Å². The predicted octanol–water partition coefficient (Wildman–Crippen LogP) is 1.26. The zero-order valence-corrected chi connectivity index (χ0v) is 16.2. The minimum absolute atomic E-state index is 0.0499. The number of aryl methyl sites for hydroxylation is 1.